The van der Waals surface area contributed by atoms with Crippen molar-refractivity contribution in [1.29, 1.82) is 0 Å². The van der Waals surface area contributed by atoms with Gasteiger partial charge >= 0.3 is 0 Å². The highest BCUT2D eigenvalue weighted by molar-refractivity contribution is 7.22. The van der Waals surface area contributed by atoms with E-state index in [-0.39, 0.29) is 5.91 Å². The normalized spacial score (nSPS) is 12.6. The summed E-state index contributed by atoms with van der Waals surface area (Å²) in [7, 11) is 0. The largest absolute Gasteiger partial charge is 0.486 e. The van der Waals surface area contributed by atoms with Crippen LogP contribution in [0.3, 0.4) is 0 Å². The van der Waals surface area contributed by atoms with Gasteiger partial charge in [0, 0.05) is 25.2 Å². The van der Waals surface area contributed by atoms with Crippen LogP contribution in [0, 0.1) is 0 Å². The van der Waals surface area contributed by atoms with E-state index in [0.717, 1.165) is 29.9 Å². The molecule has 0 fully saturated rings. The molecule has 7 nitrogen and oxygen atoms in total. The van der Waals surface area contributed by atoms with Crippen LogP contribution in [-0.4, -0.2) is 55.2 Å². The van der Waals surface area contributed by atoms with Crippen LogP contribution in [0.4, 0.5) is 5.13 Å². The molecule has 0 unspecified atom stereocenters. The lowest BCUT2D eigenvalue weighted by Gasteiger charge is -2.25. The number of carbonyl (C=O) groups excluding carboxylic acids is 1. The van der Waals surface area contributed by atoms with Gasteiger partial charge in [-0.15, -0.1) is 0 Å². The van der Waals surface area contributed by atoms with Crippen LogP contribution in [0.25, 0.3) is 10.2 Å². The number of benzene rings is 3. The molecule has 36 heavy (non-hydrogen) atoms. The average molecular weight is 504 g/mol. The maximum Gasteiger partial charge on any atom is 0.263 e. The number of carbonyl (C=O) groups is 1. The molecule has 0 saturated carbocycles. The lowest BCUT2D eigenvalue weighted by molar-refractivity contribution is 0.0981. The van der Waals surface area contributed by atoms with E-state index in [9.17, 15) is 4.79 Å². The van der Waals surface area contributed by atoms with Crippen molar-refractivity contribution in [3.05, 3.63) is 72.3 Å². The molecule has 0 spiro atoms. The summed E-state index contributed by atoms with van der Waals surface area (Å²) in [5, 5.41) is 0.638. The van der Waals surface area contributed by atoms with Gasteiger partial charge in [0.2, 0.25) is 0 Å². The zero-order chi connectivity index (χ0) is 24.9. The highest BCUT2D eigenvalue weighted by Gasteiger charge is 2.25. The Kier molecular flexibility index (Phi) is 7.34. The highest BCUT2D eigenvalue weighted by atomic mass is 32.1. The summed E-state index contributed by atoms with van der Waals surface area (Å²) in [6, 6.07) is 20.7. The molecule has 0 aliphatic carbocycles. The number of anilines is 1. The fraction of sp³-hybridized carbons (Fsp3) is 0.286. The summed E-state index contributed by atoms with van der Waals surface area (Å²) in [6.45, 7) is 8.35. The molecule has 186 valence electrons. The number of aromatic nitrogens is 1. The van der Waals surface area contributed by atoms with Crippen molar-refractivity contribution in [2.75, 3.05) is 44.3 Å². The fourth-order valence-corrected chi connectivity index (χ4v) is 5.13. The first-order valence-electron chi connectivity index (χ1n) is 12.2. The topological polar surface area (TPSA) is 64.1 Å². The Balaban J connectivity index is 1.51. The Bertz CT molecular complexity index is 1290. The monoisotopic (exact) mass is 503 g/mol. The number of fused-ring (bicyclic) bond motifs is 2. The number of nitrogens with zero attached hydrogens (tertiary/aromatic N) is 3. The summed E-state index contributed by atoms with van der Waals surface area (Å²) in [5.41, 5.74) is 1.28. The van der Waals surface area contributed by atoms with Crippen LogP contribution < -0.4 is 19.1 Å². The summed E-state index contributed by atoms with van der Waals surface area (Å²) < 4.78 is 18.5. The van der Waals surface area contributed by atoms with Crippen molar-refractivity contribution in [2.45, 2.75) is 13.8 Å². The summed E-state index contributed by atoms with van der Waals surface area (Å²) in [5.74, 6) is 2.45. The van der Waals surface area contributed by atoms with E-state index in [1.165, 1.54) is 11.3 Å². The van der Waals surface area contributed by atoms with Gasteiger partial charge in [-0.2, -0.15) is 0 Å². The van der Waals surface area contributed by atoms with E-state index in [2.05, 4.69) is 18.7 Å². The number of hydrogen-bond donors (Lipinski definition) is 0. The molecule has 5 rings (SSSR count). The Morgan fingerprint density at radius 3 is 2.39 bits per heavy atom. The first-order chi connectivity index (χ1) is 17.7. The van der Waals surface area contributed by atoms with Crippen LogP contribution in [-0.2, 0) is 0 Å². The second-order valence-electron chi connectivity index (χ2n) is 8.35. The van der Waals surface area contributed by atoms with Crippen LogP contribution in [0.15, 0.2) is 66.7 Å². The summed E-state index contributed by atoms with van der Waals surface area (Å²) >= 11 is 1.48. The Morgan fingerprint density at radius 2 is 1.64 bits per heavy atom. The number of thiazole rings is 1. The summed E-state index contributed by atoms with van der Waals surface area (Å²) in [4.78, 5) is 22.9. The van der Waals surface area contributed by atoms with E-state index in [4.69, 9.17) is 19.2 Å². The minimum Gasteiger partial charge on any atom is -0.486 e. The van der Waals surface area contributed by atoms with Gasteiger partial charge in [-0.3, -0.25) is 9.69 Å². The standard InChI is InChI=1S/C28H29N3O4S/c1-3-30(4-2)14-15-31(28-29-22-18-24-25(19-26(22)36-28)34-17-16-33-24)27(32)21-12-8-9-13-23(21)35-20-10-6-5-7-11-20/h5-13,18-19H,3-4,14-17H2,1-2H3. The molecule has 1 aliphatic rings. The lowest BCUT2D eigenvalue weighted by atomic mass is 10.1. The van der Waals surface area contributed by atoms with Gasteiger partial charge in [0.25, 0.3) is 5.91 Å². The Hall–Kier alpha value is -3.62. The molecule has 4 aromatic rings. The third-order valence-corrected chi connectivity index (χ3v) is 7.18. The smallest absolute Gasteiger partial charge is 0.263 e. The molecular formula is C28H29N3O4S. The van der Waals surface area contributed by atoms with Gasteiger partial charge in [0.15, 0.2) is 16.6 Å². The minimum atomic E-state index is -0.148. The molecule has 0 N–H and O–H groups in total. The molecule has 3 aromatic carbocycles. The van der Waals surface area contributed by atoms with E-state index in [1.807, 2.05) is 60.7 Å². The second kappa shape index (κ2) is 11.0. The molecule has 1 aliphatic heterocycles. The van der Waals surface area contributed by atoms with Crippen molar-refractivity contribution < 1.29 is 19.0 Å². The molecule has 0 radical (unpaired) electrons. The summed E-state index contributed by atoms with van der Waals surface area (Å²) in [6.07, 6.45) is 0. The molecular weight excluding hydrogens is 474 g/mol. The van der Waals surface area contributed by atoms with Gasteiger partial charge in [-0.25, -0.2) is 4.98 Å². The van der Waals surface area contributed by atoms with Crippen molar-refractivity contribution >= 4 is 32.6 Å². The third kappa shape index (κ3) is 5.15. The zero-order valence-electron chi connectivity index (χ0n) is 20.5. The van der Waals surface area contributed by atoms with Crippen LogP contribution >= 0.6 is 11.3 Å². The number of ether oxygens (including phenoxy) is 3. The predicted octanol–water partition coefficient (Wildman–Crippen LogP) is 5.85. The SMILES string of the molecule is CCN(CC)CCN(C(=O)c1ccccc1Oc1ccccc1)c1nc2cc3c(cc2s1)OCCO3. The number of amides is 1. The van der Waals surface area contributed by atoms with Crippen molar-refractivity contribution in [3.63, 3.8) is 0 Å². The Morgan fingerprint density at radius 1 is 0.944 bits per heavy atom. The first kappa shape index (κ1) is 24.1. The average Bonchev–Trinajstić information content (AvgIpc) is 3.32. The van der Waals surface area contributed by atoms with Gasteiger partial charge in [0.05, 0.1) is 15.8 Å². The van der Waals surface area contributed by atoms with Crippen LogP contribution in [0.1, 0.15) is 24.2 Å². The van der Waals surface area contributed by atoms with Crippen molar-refractivity contribution in [2.24, 2.45) is 0 Å². The van der Waals surface area contributed by atoms with Gasteiger partial charge in [0.1, 0.15) is 24.7 Å². The van der Waals surface area contributed by atoms with Crippen LogP contribution in [0.2, 0.25) is 0 Å². The predicted molar refractivity (Wildman–Crippen MR) is 143 cm³/mol. The Labute approximate surface area is 214 Å². The van der Waals surface area contributed by atoms with Crippen molar-refractivity contribution in [1.82, 2.24) is 9.88 Å². The number of hydrogen-bond acceptors (Lipinski definition) is 7. The van der Waals surface area contributed by atoms with E-state index in [0.29, 0.717) is 53.5 Å². The molecule has 1 aromatic heterocycles. The second-order valence-corrected chi connectivity index (χ2v) is 9.36. The number of para-hydroxylation sites is 2. The zero-order valence-corrected chi connectivity index (χ0v) is 21.3. The molecule has 0 bridgehead atoms. The van der Waals surface area contributed by atoms with Gasteiger partial charge in [-0.05, 0) is 37.4 Å². The highest BCUT2D eigenvalue weighted by Crippen LogP contribution is 2.39. The molecule has 1 amide bonds. The molecule has 0 atom stereocenters. The first-order valence-corrected chi connectivity index (χ1v) is 13.0. The number of likely N-dealkylation sites (N-methyl/N-ethyl adjacent to an activating group) is 1. The molecule has 2 heterocycles. The lowest BCUT2D eigenvalue weighted by Crippen LogP contribution is -2.39. The third-order valence-electron chi connectivity index (χ3n) is 6.14. The van der Waals surface area contributed by atoms with Crippen molar-refractivity contribution in [3.8, 4) is 23.0 Å². The van der Waals surface area contributed by atoms with Crippen LogP contribution in [0.5, 0.6) is 23.0 Å². The number of rotatable bonds is 9. The fourth-order valence-electron chi connectivity index (χ4n) is 4.13. The maximum atomic E-state index is 14.0. The van der Waals surface area contributed by atoms with Gasteiger partial charge < -0.3 is 19.1 Å². The maximum absolute atomic E-state index is 14.0. The van der Waals surface area contributed by atoms with E-state index < -0.39 is 0 Å². The van der Waals surface area contributed by atoms with E-state index in [1.54, 1.807) is 11.0 Å². The minimum absolute atomic E-state index is 0.148. The quantitative estimate of drug-likeness (QED) is 0.286. The molecule has 0 saturated heterocycles. The molecule has 8 heteroatoms. The van der Waals surface area contributed by atoms with E-state index >= 15 is 0 Å². The van der Waals surface area contributed by atoms with Gasteiger partial charge in [-0.1, -0.05) is 55.5 Å².